The second-order valence-corrected chi connectivity index (χ2v) is 6.52. The summed E-state index contributed by atoms with van der Waals surface area (Å²) in [4.78, 5) is 14.1. The minimum Gasteiger partial charge on any atom is -0.391 e. The molecule has 1 aromatic carbocycles. The van der Waals surface area contributed by atoms with Crippen LogP contribution in [0.4, 0.5) is 0 Å². The molecule has 1 N–H and O–H groups in total. The van der Waals surface area contributed by atoms with Gasteiger partial charge in [-0.15, -0.1) is 0 Å². The van der Waals surface area contributed by atoms with Gasteiger partial charge in [0.1, 0.15) is 0 Å². The van der Waals surface area contributed by atoms with Gasteiger partial charge < -0.3 is 10.0 Å². The third kappa shape index (κ3) is 4.45. The number of benzene rings is 1. The van der Waals surface area contributed by atoms with Gasteiger partial charge in [0.15, 0.2) is 0 Å². The molecule has 1 aromatic heterocycles. The Labute approximate surface area is 142 Å². The zero-order valence-corrected chi connectivity index (χ0v) is 13.9. The maximum atomic E-state index is 12.3. The average Bonchev–Trinajstić information content (AvgIpc) is 3.11. The third-order valence-corrected chi connectivity index (χ3v) is 4.75. The maximum absolute atomic E-state index is 12.3. The zero-order valence-electron chi connectivity index (χ0n) is 13.9. The van der Waals surface area contributed by atoms with E-state index in [2.05, 4.69) is 17.2 Å². The average molecular weight is 327 g/mol. The van der Waals surface area contributed by atoms with Crippen LogP contribution >= 0.6 is 0 Å². The fraction of sp³-hybridized carbons (Fsp3) is 0.474. The van der Waals surface area contributed by atoms with Crippen molar-refractivity contribution in [3.8, 4) is 0 Å². The first-order valence-electron chi connectivity index (χ1n) is 8.69. The standard InChI is InChI=1S/C19H25N3O2/c23-18-15-21(19(24)8-4-11-22-12-5-10-20-22)13-9-17(18)14-16-6-2-1-3-7-16/h1-3,5-7,10,12,17-18,23H,4,8-9,11,13-15H2/t17-,18-/m1/s1. The van der Waals surface area contributed by atoms with Crippen LogP contribution in [0.2, 0.25) is 0 Å². The summed E-state index contributed by atoms with van der Waals surface area (Å²) in [6.45, 7) is 1.96. The lowest BCUT2D eigenvalue weighted by Crippen LogP contribution is -2.47. The van der Waals surface area contributed by atoms with Crippen LogP contribution in [0.3, 0.4) is 0 Å². The van der Waals surface area contributed by atoms with Gasteiger partial charge in [-0.1, -0.05) is 30.3 Å². The van der Waals surface area contributed by atoms with Gasteiger partial charge >= 0.3 is 0 Å². The molecule has 2 aromatic rings. The van der Waals surface area contributed by atoms with Crippen molar-refractivity contribution in [2.45, 2.75) is 38.3 Å². The van der Waals surface area contributed by atoms with E-state index in [-0.39, 0.29) is 11.8 Å². The number of aliphatic hydroxyl groups is 1. The number of hydrogen-bond acceptors (Lipinski definition) is 3. The van der Waals surface area contributed by atoms with Gasteiger partial charge in [0, 0.05) is 38.4 Å². The lowest BCUT2D eigenvalue weighted by molar-refractivity contribution is -0.135. The first kappa shape index (κ1) is 16.7. The Morgan fingerprint density at radius 3 is 2.79 bits per heavy atom. The molecule has 0 saturated carbocycles. The van der Waals surface area contributed by atoms with Crippen molar-refractivity contribution in [3.05, 3.63) is 54.4 Å². The molecule has 0 bridgehead atoms. The van der Waals surface area contributed by atoms with Crippen LogP contribution in [0.1, 0.15) is 24.8 Å². The number of nitrogens with zero attached hydrogens (tertiary/aromatic N) is 3. The van der Waals surface area contributed by atoms with E-state index in [9.17, 15) is 9.90 Å². The number of amides is 1. The van der Waals surface area contributed by atoms with Crippen molar-refractivity contribution < 1.29 is 9.90 Å². The number of aryl methyl sites for hydroxylation is 1. The topological polar surface area (TPSA) is 58.4 Å². The molecular formula is C19H25N3O2. The molecule has 1 aliphatic heterocycles. The highest BCUT2D eigenvalue weighted by Crippen LogP contribution is 2.23. The van der Waals surface area contributed by atoms with Crippen LogP contribution in [-0.4, -0.2) is 44.9 Å². The van der Waals surface area contributed by atoms with Crippen LogP contribution in [0, 0.1) is 5.92 Å². The normalized spacial score (nSPS) is 21.0. The third-order valence-electron chi connectivity index (χ3n) is 4.75. The zero-order chi connectivity index (χ0) is 16.8. The molecule has 0 radical (unpaired) electrons. The van der Waals surface area contributed by atoms with Crippen molar-refractivity contribution in [1.29, 1.82) is 0 Å². The highest BCUT2D eigenvalue weighted by Gasteiger charge is 2.29. The highest BCUT2D eigenvalue weighted by atomic mass is 16.3. The summed E-state index contributed by atoms with van der Waals surface area (Å²) >= 11 is 0. The van der Waals surface area contributed by atoms with E-state index >= 15 is 0 Å². The van der Waals surface area contributed by atoms with E-state index in [0.29, 0.717) is 13.0 Å². The molecule has 1 saturated heterocycles. The first-order chi connectivity index (χ1) is 11.7. The van der Waals surface area contributed by atoms with Crippen molar-refractivity contribution >= 4 is 5.91 Å². The molecule has 1 fully saturated rings. The van der Waals surface area contributed by atoms with Crippen LogP contribution < -0.4 is 0 Å². The van der Waals surface area contributed by atoms with Crippen molar-refractivity contribution in [1.82, 2.24) is 14.7 Å². The van der Waals surface area contributed by atoms with E-state index in [0.717, 1.165) is 32.4 Å². The SMILES string of the molecule is O=C(CCCn1cccn1)N1CC[C@H](Cc2ccccc2)[C@H](O)C1. The largest absolute Gasteiger partial charge is 0.391 e. The van der Waals surface area contributed by atoms with Gasteiger partial charge in [-0.2, -0.15) is 5.10 Å². The first-order valence-corrected chi connectivity index (χ1v) is 8.69. The molecule has 0 unspecified atom stereocenters. The Hall–Kier alpha value is -2.14. The van der Waals surface area contributed by atoms with Gasteiger partial charge in [-0.05, 0) is 36.8 Å². The lowest BCUT2D eigenvalue weighted by atomic mass is 9.88. The summed E-state index contributed by atoms with van der Waals surface area (Å²) in [7, 11) is 0. The molecule has 2 atom stereocenters. The molecule has 5 heteroatoms. The molecule has 0 aliphatic carbocycles. The van der Waals surface area contributed by atoms with Crippen molar-refractivity contribution in [2.24, 2.45) is 5.92 Å². The molecule has 128 valence electrons. The van der Waals surface area contributed by atoms with Gasteiger partial charge in [-0.25, -0.2) is 0 Å². The second-order valence-electron chi connectivity index (χ2n) is 6.52. The van der Waals surface area contributed by atoms with Gasteiger partial charge in [0.2, 0.25) is 5.91 Å². The highest BCUT2D eigenvalue weighted by molar-refractivity contribution is 5.76. The Balaban J connectivity index is 1.43. The van der Waals surface area contributed by atoms with Crippen LogP contribution in [0.15, 0.2) is 48.8 Å². The Morgan fingerprint density at radius 2 is 2.08 bits per heavy atom. The van der Waals surface area contributed by atoms with Gasteiger partial charge in [0.05, 0.1) is 6.10 Å². The second kappa shape index (κ2) is 8.11. The Kier molecular flexibility index (Phi) is 5.64. The van der Waals surface area contributed by atoms with Gasteiger partial charge in [-0.3, -0.25) is 9.48 Å². The fourth-order valence-electron chi connectivity index (χ4n) is 3.34. The van der Waals surface area contributed by atoms with Gasteiger partial charge in [0.25, 0.3) is 0 Å². The number of carbonyl (C=O) groups is 1. The summed E-state index contributed by atoms with van der Waals surface area (Å²) in [5, 5.41) is 14.6. The van der Waals surface area contributed by atoms with Crippen LogP contribution in [-0.2, 0) is 17.8 Å². The van der Waals surface area contributed by atoms with Crippen molar-refractivity contribution in [2.75, 3.05) is 13.1 Å². The summed E-state index contributed by atoms with van der Waals surface area (Å²) < 4.78 is 1.84. The maximum Gasteiger partial charge on any atom is 0.222 e. The minimum absolute atomic E-state index is 0.138. The van der Waals surface area contributed by atoms with Crippen molar-refractivity contribution in [3.63, 3.8) is 0 Å². The van der Waals surface area contributed by atoms with Crippen LogP contribution in [0.25, 0.3) is 0 Å². The summed E-state index contributed by atoms with van der Waals surface area (Å²) in [6, 6.07) is 12.1. The minimum atomic E-state index is -0.436. The molecule has 1 amide bonds. The molecule has 1 aliphatic rings. The number of β-amino-alcohol motifs (C(OH)–C–C–N with tert-alkyl or cyclic N) is 1. The predicted molar refractivity (Wildman–Crippen MR) is 92.3 cm³/mol. The number of aliphatic hydroxyl groups excluding tert-OH is 1. The molecule has 5 nitrogen and oxygen atoms in total. The quantitative estimate of drug-likeness (QED) is 0.884. The molecule has 3 rings (SSSR count). The lowest BCUT2D eigenvalue weighted by Gasteiger charge is -2.36. The molecular weight excluding hydrogens is 302 g/mol. The number of rotatable bonds is 6. The van der Waals surface area contributed by atoms with Crippen LogP contribution in [0.5, 0.6) is 0 Å². The number of hydrogen-bond donors (Lipinski definition) is 1. The smallest absolute Gasteiger partial charge is 0.222 e. The van der Waals surface area contributed by atoms with E-state index in [4.69, 9.17) is 0 Å². The summed E-state index contributed by atoms with van der Waals surface area (Å²) in [5.41, 5.74) is 1.25. The monoisotopic (exact) mass is 327 g/mol. The van der Waals surface area contributed by atoms with E-state index in [1.165, 1.54) is 5.56 Å². The number of likely N-dealkylation sites (tertiary alicyclic amines) is 1. The number of piperidine rings is 1. The molecule has 0 spiro atoms. The summed E-state index contributed by atoms with van der Waals surface area (Å²) in [6.07, 6.45) is 6.24. The fourth-order valence-corrected chi connectivity index (χ4v) is 3.34. The van der Waals surface area contributed by atoms with E-state index in [1.807, 2.05) is 40.0 Å². The number of carbonyl (C=O) groups excluding carboxylic acids is 1. The molecule has 24 heavy (non-hydrogen) atoms. The number of aromatic nitrogens is 2. The Morgan fingerprint density at radius 1 is 1.25 bits per heavy atom. The summed E-state index contributed by atoms with van der Waals surface area (Å²) in [5.74, 6) is 0.375. The van der Waals surface area contributed by atoms with E-state index in [1.54, 1.807) is 6.20 Å². The Bertz CT molecular complexity index is 627. The van der Waals surface area contributed by atoms with E-state index < -0.39 is 6.10 Å². The predicted octanol–water partition coefficient (Wildman–Crippen LogP) is 2.12. The molecule has 2 heterocycles.